The smallest absolute Gasteiger partial charge is 0.258 e. The highest BCUT2D eigenvalue weighted by atomic mass is 16.5. The highest BCUT2D eigenvalue weighted by Crippen LogP contribution is 2.25. The molecule has 2 N–H and O–H groups in total. The first-order chi connectivity index (χ1) is 13.7. The van der Waals surface area contributed by atoms with Crippen molar-refractivity contribution in [3.8, 4) is 17.3 Å². The third kappa shape index (κ3) is 5.19. The summed E-state index contributed by atoms with van der Waals surface area (Å²) in [4.78, 5) is 20.6. The van der Waals surface area contributed by atoms with Gasteiger partial charge in [0.15, 0.2) is 23.9 Å². The van der Waals surface area contributed by atoms with E-state index >= 15 is 0 Å². The van der Waals surface area contributed by atoms with Crippen LogP contribution in [0.3, 0.4) is 0 Å². The SMILES string of the molecule is COc1ccccc1OCC(=O)NCCNc1cc(-n2cccn2)nc(C)n1. The van der Waals surface area contributed by atoms with Crippen molar-refractivity contribution in [3.63, 3.8) is 0 Å². The summed E-state index contributed by atoms with van der Waals surface area (Å²) in [7, 11) is 1.56. The minimum Gasteiger partial charge on any atom is -0.493 e. The van der Waals surface area contributed by atoms with E-state index in [-0.39, 0.29) is 12.5 Å². The molecule has 0 saturated carbocycles. The Hall–Kier alpha value is -3.62. The molecule has 0 atom stereocenters. The number of aromatic nitrogens is 4. The number of methoxy groups -OCH3 is 1. The number of ether oxygens (including phenoxy) is 2. The summed E-state index contributed by atoms with van der Waals surface area (Å²) in [6.45, 7) is 2.66. The first kappa shape index (κ1) is 19.2. The van der Waals surface area contributed by atoms with Gasteiger partial charge < -0.3 is 20.1 Å². The molecule has 0 aliphatic heterocycles. The van der Waals surface area contributed by atoms with Gasteiger partial charge in [-0.2, -0.15) is 5.10 Å². The summed E-state index contributed by atoms with van der Waals surface area (Å²) in [6.07, 6.45) is 3.50. The Balaban J connectivity index is 1.44. The second-order valence-corrected chi connectivity index (χ2v) is 5.83. The van der Waals surface area contributed by atoms with Crippen LogP contribution in [0, 0.1) is 6.92 Å². The van der Waals surface area contributed by atoms with E-state index in [4.69, 9.17) is 9.47 Å². The molecule has 28 heavy (non-hydrogen) atoms. The average Bonchev–Trinajstić information content (AvgIpc) is 3.24. The Labute approximate surface area is 162 Å². The topological polar surface area (TPSA) is 103 Å². The van der Waals surface area contributed by atoms with Gasteiger partial charge in [-0.05, 0) is 25.1 Å². The molecule has 0 saturated heterocycles. The number of carbonyl (C=O) groups is 1. The molecule has 9 nitrogen and oxygen atoms in total. The van der Waals surface area contributed by atoms with Crippen LogP contribution in [-0.4, -0.2) is 52.5 Å². The number of hydrogen-bond acceptors (Lipinski definition) is 7. The second kappa shape index (κ2) is 9.36. The van der Waals surface area contributed by atoms with Crippen LogP contribution in [-0.2, 0) is 4.79 Å². The molecule has 0 radical (unpaired) electrons. The van der Waals surface area contributed by atoms with Crippen LogP contribution in [0.5, 0.6) is 11.5 Å². The van der Waals surface area contributed by atoms with Crippen LogP contribution in [0.4, 0.5) is 5.82 Å². The van der Waals surface area contributed by atoms with E-state index in [1.807, 2.05) is 31.3 Å². The Kier molecular flexibility index (Phi) is 6.40. The molecule has 1 aromatic carbocycles. The molecule has 146 valence electrons. The fourth-order valence-electron chi connectivity index (χ4n) is 2.49. The Bertz CT molecular complexity index is 914. The summed E-state index contributed by atoms with van der Waals surface area (Å²) < 4.78 is 12.3. The van der Waals surface area contributed by atoms with E-state index in [1.165, 1.54) is 0 Å². The number of nitrogens with one attached hydrogen (secondary N) is 2. The molecule has 2 aromatic heterocycles. The minimum absolute atomic E-state index is 0.0869. The number of carbonyl (C=O) groups excluding carboxylic acids is 1. The van der Waals surface area contributed by atoms with Gasteiger partial charge in [0.2, 0.25) is 0 Å². The van der Waals surface area contributed by atoms with Crippen molar-refractivity contribution >= 4 is 11.7 Å². The fraction of sp³-hybridized carbons (Fsp3) is 0.263. The van der Waals surface area contributed by atoms with Crippen molar-refractivity contribution in [2.75, 3.05) is 32.1 Å². The summed E-state index contributed by atoms with van der Waals surface area (Å²) in [5.41, 5.74) is 0. The van der Waals surface area contributed by atoms with Crippen molar-refractivity contribution in [1.29, 1.82) is 0 Å². The first-order valence-electron chi connectivity index (χ1n) is 8.78. The molecule has 0 aliphatic carbocycles. The molecular weight excluding hydrogens is 360 g/mol. The number of para-hydroxylation sites is 2. The number of anilines is 1. The monoisotopic (exact) mass is 382 g/mol. The van der Waals surface area contributed by atoms with Gasteiger partial charge in [0.05, 0.1) is 7.11 Å². The molecular formula is C19H22N6O3. The van der Waals surface area contributed by atoms with Gasteiger partial charge in [0, 0.05) is 31.5 Å². The van der Waals surface area contributed by atoms with Gasteiger partial charge in [-0.3, -0.25) is 4.79 Å². The summed E-state index contributed by atoms with van der Waals surface area (Å²) in [5.74, 6) is 2.87. The molecule has 0 fully saturated rings. The molecule has 0 aliphatic rings. The Morgan fingerprint density at radius 1 is 1.14 bits per heavy atom. The number of amides is 1. The van der Waals surface area contributed by atoms with Gasteiger partial charge in [0.1, 0.15) is 11.6 Å². The maximum absolute atomic E-state index is 11.9. The largest absolute Gasteiger partial charge is 0.493 e. The molecule has 9 heteroatoms. The van der Waals surface area contributed by atoms with E-state index in [0.717, 1.165) is 0 Å². The zero-order valence-corrected chi connectivity index (χ0v) is 15.8. The van der Waals surface area contributed by atoms with Gasteiger partial charge in [-0.1, -0.05) is 12.1 Å². The van der Waals surface area contributed by atoms with E-state index in [0.29, 0.717) is 42.0 Å². The quantitative estimate of drug-likeness (QED) is 0.542. The van der Waals surface area contributed by atoms with E-state index in [2.05, 4.69) is 25.7 Å². The summed E-state index contributed by atoms with van der Waals surface area (Å²) in [5, 5.41) is 10.1. The lowest BCUT2D eigenvalue weighted by Gasteiger charge is -2.11. The number of nitrogens with zero attached hydrogens (tertiary/aromatic N) is 4. The maximum Gasteiger partial charge on any atom is 0.258 e. The summed E-state index contributed by atoms with van der Waals surface area (Å²) in [6, 6.07) is 10.8. The molecule has 0 bridgehead atoms. The second-order valence-electron chi connectivity index (χ2n) is 5.83. The van der Waals surface area contributed by atoms with Gasteiger partial charge in [-0.25, -0.2) is 14.6 Å². The predicted octanol–water partition coefficient (Wildman–Crippen LogP) is 1.59. The lowest BCUT2D eigenvalue weighted by molar-refractivity contribution is -0.123. The molecule has 0 spiro atoms. The molecule has 2 heterocycles. The third-order valence-electron chi connectivity index (χ3n) is 3.74. The Morgan fingerprint density at radius 3 is 2.71 bits per heavy atom. The summed E-state index contributed by atoms with van der Waals surface area (Å²) >= 11 is 0. The number of aryl methyl sites for hydroxylation is 1. The molecule has 1 amide bonds. The average molecular weight is 382 g/mol. The van der Waals surface area contributed by atoms with Crippen LogP contribution in [0.2, 0.25) is 0 Å². The fourth-order valence-corrected chi connectivity index (χ4v) is 2.49. The molecule has 0 unspecified atom stereocenters. The van der Waals surface area contributed by atoms with Crippen LogP contribution in [0.25, 0.3) is 5.82 Å². The standard InChI is InChI=1S/C19H22N6O3/c1-14-23-17(12-18(24-14)25-11-5-8-22-25)20-9-10-21-19(26)13-28-16-7-4-3-6-15(16)27-2/h3-8,11-12H,9-10,13H2,1-2H3,(H,21,26)(H,20,23,24). The molecule has 3 rings (SSSR count). The van der Waals surface area contributed by atoms with Crippen molar-refractivity contribution < 1.29 is 14.3 Å². The zero-order valence-electron chi connectivity index (χ0n) is 15.8. The van der Waals surface area contributed by atoms with Crippen LogP contribution < -0.4 is 20.1 Å². The highest BCUT2D eigenvalue weighted by molar-refractivity contribution is 5.77. The number of rotatable bonds is 9. The number of hydrogen-bond donors (Lipinski definition) is 2. The Morgan fingerprint density at radius 2 is 1.96 bits per heavy atom. The van der Waals surface area contributed by atoms with Crippen molar-refractivity contribution in [3.05, 3.63) is 54.6 Å². The van der Waals surface area contributed by atoms with E-state index in [1.54, 1.807) is 36.2 Å². The van der Waals surface area contributed by atoms with E-state index < -0.39 is 0 Å². The van der Waals surface area contributed by atoms with Gasteiger partial charge >= 0.3 is 0 Å². The number of benzene rings is 1. The van der Waals surface area contributed by atoms with E-state index in [9.17, 15) is 4.79 Å². The predicted molar refractivity (Wildman–Crippen MR) is 104 cm³/mol. The van der Waals surface area contributed by atoms with Crippen molar-refractivity contribution in [2.24, 2.45) is 0 Å². The maximum atomic E-state index is 11.9. The van der Waals surface area contributed by atoms with Crippen LogP contribution in [0.15, 0.2) is 48.8 Å². The molecule has 3 aromatic rings. The lowest BCUT2D eigenvalue weighted by Crippen LogP contribution is -2.32. The lowest BCUT2D eigenvalue weighted by atomic mass is 10.3. The first-order valence-corrected chi connectivity index (χ1v) is 8.78. The van der Waals surface area contributed by atoms with Crippen LogP contribution in [0.1, 0.15) is 5.82 Å². The highest BCUT2D eigenvalue weighted by Gasteiger charge is 2.07. The van der Waals surface area contributed by atoms with Crippen molar-refractivity contribution in [2.45, 2.75) is 6.92 Å². The normalized spacial score (nSPS) is 10.4. The third-order valence-corrected chi connectivity index (χ3v) is 3.74. The van der Waals surface area contributed by atoms with Crippen LogP contribution >= 0.6 is 0 Å². The van der Waals surface area contributed by atoms with Crippen molar-refractivity contribution in [1.82, 2.24) is 25.1 Å². The zero-order chi connectivity index (χ0) is 19.8. The minimum atomic E-state index is -0.219. The van der Waals surface area contributed by atoms with Gasteiger partial charge in [-0.15, -0.1) is 0 Å². The van der Waals surface area contributed by atoms with Gasteiger partial charge in [0.25, 0.3) is 5.91 Å².